The summed E-state index contributed by atoms with van der Waals surface area (Å²) in [5.74, 6) is 0.496. The van der Waals surface area contributed by atoms with E-state index in [0.29, 0.717) is 28.6 Å². The van der Waals surface area contributed by atoms with Gasteiger partial charge in [-0.15, -0.1) is 0 Å². The molecule has 2 rings (SSSR count). The fourth-order valence-electron chi connectivity index (χ4n) is 1.56. The fraction of sp³-hybridized carbons (Fsp3) is 0.0714. The zero-order valence-corrected chi connectivity index (χ0v) is 12.2. The highest BCUT2D eigenvalue weighted by Gasteiger charge is 2.06. The van der Waals surface area contributed by atoms with Crippen molar-refractivity contribution in [2.45, 2.75) is 6.61 Å². The first kappa shape index (κ1) is 13.7. The summed E-state index contributed by atoms with van der Waals surface area (Å²) < 4.78 is 6.52. The molecule has 2 aromatic carbocycles. The molecule has 0 unspecified atom stereocenters. The highest BCUT2D eigenvalue weighted by molar-refractivity contribution is 9.10. The van der Waals surface area contributed by atoms with E-state index in [1.807, 2.05) is 12.1 Å². The number of benzene rings is 2. The van der Waals surface area contributed by atoms with E-state index in [9.17, 15) is 0 Å². The first-order valence-electron chi connectivity index (χ1n) is 5.46. The van der Waals surface area contributed by atoms with E-state index in [2.05, 4.69) is 22.0 Å². The number of hydrogen-bond donors (Lipinski definition) is 1. The predicted molar refractivity (Wildman–Crippen MR) is 79.1 cm³/mol. The SMILES string of the molecule is N#Cc1cc(N)ccc1OCc1ccc(Br)cc1Cl. The second kappa shape index (κ2) is 5.96. The minimum atomic E-state index is 0.296. The maximum atomic E-state index is 9.01. The summed E-state index contributed by atoms with van der Waals surface area (Å²) in [6.07, 6.45) is 0. The van der Waals surface area contributed by atoms with Crippen LogP contribution in [-0.2, 0) is 6.61 Å². The van der Waals surface area contributed by atoms with Crippen molar-refractivity contribution in [3.05, 3.63) is 57.0 Å². The molecule has 0 bridgehead atoms. The van der Waals surface area contributed by atoms with Crippen LogP contribution in [0.5, 0.6) is 5.75 Å². The van der Waals surface area contributed by atoms with Crippen LogP contribution < -0.4 is 10.5 Å². The highest BCUT2D eigenvalue weighted by Crippen LogP contribution is 2.25. The van der Waals surface area contributed by atoms with E-state index in [4.69, 9.17) is 27.3 Å². The molecular weight excluding hydrogens is 328 g/mol. The maximum absolute atomic E-state index is 9.01. The number of nitrogens with zero attached hydrogens (tertiary/aromatic N) is 1. The quantitative estimate of drug-likeness (QED) is 0.856. The molecule has 0 amide bonds. The molecule has 0 aliphatic rings. The van der Waals surface area contributed by atoms with Crippen LogP contribution in [0.3, 0.4) is 0 Å². The van der Waals surface area contributed by atoms with Crippen molar-refractivity contribution in [3.63, 3.8) is 0 Å². The zero-order valence-electron chi connectivity index (χ0n) is 9.86. The predicted octanol–water partition coefficient (Wildman–Crippen LogP) is 4.14. The van der Waals surface area contributed by atoms with Gasteiger partial charge in [-0.3, -0.25) is 0 Å². The van der Waals surface area contributed by atoms with Gasteiger partial charge in [0.05, 0.1) is 5.56 Å². The van der Waals surface area contributed by atoms with E-state index in [1.165, 1.54) is 0 Å². The number of hydrogen-bond acceptors (Lipinski definition) is 3. The molecule has 96 valence electrons. The molecule has 0 aromatic heterocycles. The lowest BCUT2D eigenvalue weighted by atomic mass is 10.2. The molecule has 2 aromatic rings. The van der Waals surface area contributed by atoms with Crippen molar-refractivity contribution in [1.82, 2.24) is 0 Å². The van der Waals surface area contributed by atoms with Crippen molar-refractivity contribution in [2.75, 3.05) is 5.73 Å². The molecule has 19 heavy (non-hydrogen) atoms. The van der Waals surface area contributed by atoms with Crippen LogP contribution in [0.1, 0.15) is 11.1 Å². The minimum absolute atomic E-state index is 0.296. The molecular formula is C14H10BrClN2O. The summed E-state index contributed by atoms with van der Waals surface area (Å²) in [5, 5.41) is 9.63. The Kier molecular flexibility index (Phi) is 4.31. The monoisotopic (exact) mass is 336 g/mol. The van der Waals surface area contributed by atoms with Crippen LogP contribution in [0.15, 0.2) is 40.9 Å². The van der Waals surface area contributed by atoms with Gasteiger partial charge in [0.2, 0.25) is 0 Å². The molecule has 0 aliphatic carbocycles. The highest BCUT2D eigenvalue weighted by atomic mass is 79.9. The van der Waals surface area contributed by atoms with Crippen LogP contribution in [0.2, 0.25) is 5.02 Å². The van der Waals surface area contributed by atoms with E-state index >= 15 is 0 Å². The van der Waals surface area contributed by atoms with Gasteiger partial charge in [-0.25, -0.2) is 0 Å². The molecule has 0 spiro atoms. The Morgan fingerprint density at radius 2 is 2.05 bits per heavy atom. The normalized spacial score (nSPS) is 9.95. The fourth-order valence-corrected chi connectivity index (χ4v) is 2.28. The van der Waals surface area contributed by atoms with Crippen LogP contribution in [0.25, 0.3) is 0 Å². The molecule has 0 heterocycles. The Hall–Kier alpha value is -1.70. The number of nitriles is 1. The van der Waals surface area contributed by atoms with Gasteiger partial charge in [-0.1, -0.05) is 33.6 Å². The lowest BCUT2D eigenvalue weighted by Crippen LogP contribution is -1.99. The molecule has 0 fully saturated rings. The Bertz CT molecular complexity index is 652. The molecule has 2 N–H and O–H groups in total. The maximum Gasteiger partial charge on any atom is 0.137 e. The standard InChI is InChI=1S/C14H10BrClN2O/c15-11-2-1-9(13(16)6-11)8-19-14-4-3-12(18)5-10(14)7-17/h1-6H,8,18H2. The molecule has 0 saturated carbocycles. The van der Waals surface area contributed by atoms with Gasteiger partial charge < -0.3 is 10.5 Å². The Morgan fingerprint density at radius 3 is 2.74 bits per heavy atom. The molecule has 0 saturated heterocycles. The van der Waals surface area contributed by atoms with Crippen LogP contribution in [0, 0.1) is 11.3 Å². The summed E-state index contributed by atoms with van der Waals surface area (Å²) >= 11 is 9.44. The summed E-state index contributed by atoms with van der Waals surface area (Å²) in [5.41, 5.74) is 7.41. The van der Waals surface area contributed by atoms with Crippen molar-refractivity contribution < 1.29 is 4.74 Å². The van der Waals surface area contributed by atoms with Gasteiger partial charge in [0.25, 0.3) is 0 Å². The first-order chi connectivity index (χ1) is 9.10. The van der Waals surface area contributed by atoms with E-state index in [-0.39, 0.29) is 0 Å². The molecule has 0 radical (unpaired) electrons. The second-order valence-corrected chi connectivity index (χ2v) is 5.21. The third-order valence-electron chi connectivity index (χ3n) is 2.52. The average Bonchev–Trinajstić information content (AvgIpc) is 2.39. The second-order valence-electron chi connectivity index (χ2n) is 3.89. The van der Waals surface area contributed by atoms with Crippen LogP contribution in [-0.4, -0.2) is 0 Å². The van der Waals surface area contributed by atoms with Crippen molar-refractivity contribution in [3.8, 4) is 11.8 Å². The Balaban J connectivity index is 2.17. The molecule has 0 aliphatic heterocycles. The summed E-state index contributed by atoms with van der Waals surface area (Å²) in [6, 6.07) is 12.6. The van der Waals surface area contributed by atoms with Gasteiger partial charge in [0, 0.05) is 20.7 Å². The number of ether oxygens (including phenoxy) is 1. The Morgan fingerprint density at radius 1 is 1.26 bits per heavy atom. The van der Waals surface area contributed by atoms with Crippen molar-refractivity contribution in [2.24, 2.45) is 0 Å². The Labute approximate surface area is 124 Å². The van der Waals surface area contributed by atoms with Gasteiger partial charge in [-0.05, 0) is 30.3 Å². The van der Waals surface area contributed by atoms with Gasteiger partial charge in [0.15, 0.2) is 0 Å². The number of nitrogens with two attached hydrogens (primary N) is 1. The number of anilines is 1. The van der Waals surface area contributed by atoms with Crippen molar-refractivity contribution >= 4 is 33.2 Å². The lowest BCUT2D eigenvalue weighted by molar-refractivity contribution is 0.305. The lowest BCUT2D eigenvalue weighted by Gasteiger charge is -2.09. The smallest absolute Gasteiger partial charge is 0.137 e. The van der Waals surface area contributed by atoms with Gasteiger partial charge in [-0.2, -0.15) is 5.26 Å². The van der Waals surface area contributed by atoms with Crippen LogP contribution >= 0.6 is 27.5 Å². The molecule has 5 heteroatoms. The van der Waals surface area contributed by atoms with Gasteiger partial charge >= 0.3 is 0 Å². The molecule has 3 nitrogen and oxygen atoms in total. The van der Waals surface area contributed by atoms with E-state index < -0.39 is 0 Å². The number of nitrogen functional groups attached to an aromatic ring is 1. The molecule has 0 atom stereocenters. The number of rotatable bonds is 3. The van der Waals surface area contributed by atoms with Crippen LogP contribution in [0.4, 0.5) is 5.69 Å². The first-order valence-corrected chi connectivity index (χ1v) is 6.63. The average molecular weight is 338 g/mol. The van der Waals surface area contributed by atoms with Crippen molar-refractivity contribution in [1.29, 1.82) is 5.26 Å². The van der Waals surface area contributed by atoms with E-state index in [0.717, 1.165) is 10.0 Å². The third kappa shape index (κ3) is 3.40. The summed E-state index contributed by atoms with van der Waals surface area (Å²) in [7, 11) is 0. The zero-order chi connectivity index (χ0) is 13.8. The summed E-state index contributed by atoms with van der Waals surface area (Å²) in [6.45, 7) is 0.296. The summed E-state index contributed by atoms with van der Waals surface area (Å²) in [4.78, 5) is 0. The minimum Gasteiger partial charge on any atom is -0.487 e. The topological polar surface area (TPSA) is 59.0 Å². The van der Waals surface area contributed by atoms with Gasteiger partial charge in [0.1, 0.15) is 18.4 Å². The van der Waals surface area contributed by atoms with E-state index in [1.54, 1.807) is 24.3 Å². The number of halogens is 2. The largest absolute Gasteiger partial charge is 0.487 e. The third-order valence-corrected chi connectivity index (χ3v) is 3.37.